The van der Waals surface area contributed by atoms with Crippen LogP contribution in [0.2, 0.25) is 0 Å². The Bertz CT molecular complexity index is 3300. The molecule has 11 aromatic rings. The third-order valence-corrected chi connectivity index (χ3v) is 17.6. The monoisotopic (exact) mass is 811 g/mol. The molecule has 0 spiro atoms. The number of furan rings is 1. The molecule has 0 aliphatic heterocycles. The van der Waals surface area contributed by atoms with E-state index in [4.69, 9.17) is 4.42 Å². The highest BCUT2D eigenvalue weighted by Gasteiger charge is 2.42. The predicted molar refractivity (Wildman–Crippen MR) is 267 cm³/mol. The lowest BCUT2D eigenvalue weighted by Crippen LogP contribution is -2.74. The molecule has 296 valence electrons. The van der Waals surface area contributed by atoms with Crippen molar-refractivity contribution >= 4 is 89.4 Å². The lowest BCUT2D eigenvalue weighted by Gasteiger charge is -2.36. The van der Waals surface area contributed by atoms with Gasteiger partial charge < -0.3 is 9.32 Å². The minimum absolute atomic E-state index is 0.892. The maximum atomic E-state index is 6.81. The van der Waals surface area contributed by atoms with Crippen molar-refractivity contribution in [2.75, 3.05) is 4.90 Å². The lowest BCUT2D eigenvalue weighted by atomic mass is 9.98. The molecular weight excluding hydrogens is 767 g/mol. The first-order valence-electron chi connectivity index (χ1n) is 21.5. The molecule has 1 heterocycles. The summed E-state index contributed by atoms with van der Waals surface area (Å²) in [6.45, 7) is 6.54. The second-order valence-corrected chi connectivity index (χ2v) is 20.5. The van der Waals surface area contributed by atoms with E-state index in [1.54, 1.807) is 0 Å². The van der Waals surface area contributed by atoms with Crippen LogP contribution in [-0.2, 0) is 0 Å². The molecule has 0 N–H and O–H groups in total. The van der Waals surface area contributed by atoms with Gasteiger partial charge in [0, 0.05) is 27.5 Å². The molecule has 0 bridgehead atoms. The molecular formula is C59H45NOSi. The van der Waals surface area contributed by atoms with Gasteiger partial charge in [0.1, 0.15) is 11.2 Å². The summed E-state index contributed by atoms with van der Waals surface area (Å²) in [5.74, 6) is 0. The van der Waals surface area contributed by atoms with Gasteiger partial charge in [-0.15, -0.1) is 0 Å². The van der Waals surface area contributed by atoms with Crippen LogP contribution in [0.1, 0.15) is 16.7 Å². The Morgan fingerprint density at radius 1 is 0.387 bits per heavy atom. The molecule has 10 aromatic carbocycles. The normalized spacial score (nSPS) is 11.8. The van der Waals surface area contributed by atoms with E-state index in [0.29, 0.717) is 0 Å². The van der Waals surface area contributed by atoms with Gasteiger partial charge in [-0.05, 0) is 111 Å². The Kier molecular flexibility index (Phi) is 9.21. The average molecular weight is 812 g/mol. The number of rotatable bonds is 8. The van der Waals surface area contributed by atoms with Crippen LogP contribution in [0.4, 0.5) is 17.1 Å². The first-order valence-corrected chi connectivity index (χ1v) is 23.5. The van der Waals surface area contributed by atoms with Gasteiger partial charge in [-0.1, -0.05) is 193 Å². The van der Waals surface area contributed by atoms with Crippen molar-refractivity contribution in [1.82, 2.24) is 0 Å². The summed E-state index contributed by atoms with van der Waals surface area (Å²) in [4.78, 5) is 2.45. The van der Waals surface area contributed by atoms with Crippen LogP contribution in [0, 0.1) is 20.8 Å². The van der Waals surface area contributed by atoms with Crippen LogP contribution in [0.5, 0.6) is 0 Å². The van der Waals surface area contributed by atoms with E-state index in [0.717, 1.165) is 49.8 Å². The van der Waals surface area contributed by atoms with Gasteiger partial charge in [-0.2, -0.15) is 0 Å². The fourth-order valence-electron chi connectivity index (χ4n) is 9.70. The van der Waals surface area contributed by atoms with Crippen molar-refractivity contribution in [2.45, 2.75) is 20.8 Å². The van der Waals surface area contributed by atoms with Crippen LogP contribution < -0.4 is 25.6 Å². The predicted octanol–water partition coefficient (Wildman–Crippen LogP) is 13.3. The molecule has 0 aliphatic carbocycles. The zero-order valence-corrected chi connectivity index (χ0v) is 36.1. The highest BCUT2D eigenvalue weighted by Crippen LogP contribution is 2.44. The molecule has 62 heavy (non-hydrogen) atoms. The first-order chi connectivity index (χ1) is 30.5. The maximum absolute atomic E-state index is 6.81. The number of hydrogen-bond donors (Lipinski definition) is 0. The number of anilines is 3. The number of benzene rings is 10. The zero-order valence-electron chi connectivity index (χ0n) is 35.1. The van der Waals surface area contributed by atoms with Crippen LogP contribution in [0.25, 0.3) is 54.6 Å². The summed E-state index contributed by atoms with van der Waals surface area (Å²) in [5, 5.41) is 12.3. The summed E-state index contributed by atoms with van der Waals surface area (Å²) in [5.41, 5.74) is 11.2. The summed E-state index contributed by atoms with van der Waals surface area (Å²) in [6.07, 6.45) is 0. The Balaban J connectivity index is 1.19. The highest BCUT2D eigenvalue weighted by molar-refractivity contribution is 7.20. The number of fused-ring (bicyclic) bond motifs is 6. The minimum atomic E-state index is -2.89. The topological polar surface area (TPSA) is 16.4 Å². The van der Waals surface area contributed by atoms with Crippen molar-refractivity contribution < 1.29 is 4.42 Å². The van der Waals surface area contributed by atoms with Crippen LogP contribution in [0.15, 0.2) is 223 Å². The molecule has 0 fully saturated rings. The molecule has 0 saturated carbocycles. The van der Waals surface area contributed by atoms with Crippen LogP contribution in [-0.4, -0.2) is 8.07 Å². The molecule has 2 nitrogen and oxygen atoms in total. The zero-order chi connectivity index (χ0) is 41.8. The van der Waals surface area contributed by atoms with Crippen LogP contribution >= 0.6 is 0 Å². The van der Waals surface area contributed by atoms with Gasteiger partial charge in [0.15, 0.2) is 8.07 Å². The van der Waals surface area contributed by atoms with Gasteiger partial charge in [-0.25, -0.2) is 0 Å². The molecule has 0 saturated heterocycles. The minimum Gasteiger partial charge on any atom is -0.455 e. The Labute approximate surface area is 364 Å². The van der Waals surface area contributed by atoms with E-state index in [1.165, 1.54) is 59.3 Å². The summed E-state index contributed by atoms with van der Waals surface area (Å²) in [6, 6.07) is 81.1. The molecule has 0 radical (unpaired) electrons. The second kappa shape index (κ2) is 15.2. The van der Waals surface area contributed by atoms with Gasteiger partial charge in [0.25, 0.3) is 0 Å². The number of aryl methyl sites for hydroxylation is 3. The second-order valence-electron chi connectivity index (χ2n) is 16.7. The van der Waals surface area contributed by atoms with E-state index in [-0.39, 0.29) is 0 Å². The molecule has 3 heteroatoms. The van der Waals surface area contributed by atoms with Crippen molar-refractivity contribution in [3.63, 3.8) is 0 Å². The summed E-state index contributed by atoms with van der Waals surface area (Å²) in [7, 11) is -2.89. The fourth-order valence-corrected chi connectivity index (χ4v) is 14.4. The fraction of sp³-hybridized carbons (Fsp3) is 0.0508. The lowest BCUT2D eigenvalue weighted by molar-refractivity contribution is 0.672. The van der Waals surface area contributed by atoms with E-state index in [9.17, 15) is 0 Å². The van der Waals surface area contributed by atoms with Crippen molar-refractivity contribution in [2.24, 2.45) is 0 Å². The van der Waals surface area contributed by atoms with E-state index >= 15 is 0 Å². The standard InChI is InChI=1S/C59H45NOSi/c1-40-21-32-48(33-22-40)62(49-34-23-41(2)24-35-49,50-36-25-42(3)26-37-50)51-15-10-14-47(39-51)60(46-30-27-44(28-31-46)53-18-8-12-43-11-4-5-16-52(43)53)56-19-9-13-45-29-38-55-54-17-6-7-20-57(54)61-59(55)58(45)56/h4-39H,1-3H3. The third kappa shape index (κ3) is 6.24. The molecule has 0 aliphatic rings. The van der Waals surface area contributed by atoms with Gasteiger partial charge in [0.2, 0.25) is 0 Å². The maximum Gasteiger partial charge on any atom is 0.179 e. The highest BCUT2D eigenvalue weighted by atomic mass is 28.3. The van der Waals surface area contributed by atoms with Gasteiger partial charge in [0.05, 0.1) is 5.69 Å². The van der Waals surface area contributed by atoms with Gasteiger partial charge in [-0.3, -0.25) is 0 Å². The smallest absolute Gasteiger partial charge is 0.179 e. The number of para-hydroxylation sites is 1. The summed E-state index contributed by atoms with van der Waals surface area (Å²) >= 11 is 0. The molecule has 0 atom stereocenters. The number of nitrogens with zero attached hydrogens (tertiary/aromatic N) is 1. The van der Waals surface area contributed by atoms with Gasteiger partial charge >= 0.3 is 0 Å². The average Bonchev–Trinajstić information content (AvgIpc) is 3.70. The Morgan fingerprint density at radius 3 is 1.63 bits per heavy atom. The largest absolute Gasteiger partial charge is 0.455 e. The third-order valence-electron chi connectivity index (χ3n) is 12.8. The van der Waals surface area contributed by atoms with Crippen LogP contribution in [0.3, 0.4) is 0 Å². The molecule has 1 aromatic heterocycles. The van der Waals surface area contributed by atoms with Crippen molar-refractivity contribution in [3.8, 4) is 11.1 Å². The molecule has 11 rings (SSSR count). The van der Waals surface area contributed by atoms with Crippen molar-refractivity contribution in [1.29, 1.82) is 0 Å². The Hall–Kier alpha value is -7.46. The van der Waals surface area contributed by atoms with Crippen molar-refractivity contribution in [3.05, 3.63) is 235 Å². The van der Waals surface area contributed by atoms with E-state index in [1.807, 2.05) is 0 Å². The Morgan fingerprint density at radius 2 is 0.952 bits per heavy atom. The SMILES string of the molecule is Cc1ccc([Si](c2ccc(C)cc2)(c2ccc(C)cc2)c2cccc(N(c3ccc(-c4cccc5ccccc45)cc3)c3cccc4ccc5c6ccccc6oc5c34)c2)cc1. The summed E-state index contributed by atoms with van der Waals surface area (Å²) < 4.78 is 6.81. The van der Waals surface area contributed by atoms with E-state index < -0.39 is 8.07 Å². The molecule has 0 unspecified atom stereocenters. The number of hydrogen-bond acceptors (Lipinski definition) is 2. The first kappa shape index (κ1) is 37.5. The molecule has 0 amide bonds. The van der Waals surface area contributed by atoms with E-state index in [2.05, 4.69) is 244 Å². The quantitative estimate of drug-likeness (QED) is 0.112.